The number of ether oxygens (including phenoxy) is 1. The zero-order valence-corrected chi connectivity index (χ0v) is 9.50. The van der Waals surface area contributed by atoms with Crippen molar-refractivity contribution < 1.29 is 4.74 Å². The molecule has 2 rings (SSSR count). The molecule has 15 heavy (non-hydrogen) atoms. The number of rotatable bonds is 4. The molecule has 1 aromatic heterocycles. The van der Waals surface area contributed by atoms with Gasteiger partial charge < -0.3 is 10.5 Å². The summed E-state index contributed by atoms with van der Waals surface area (Å²) in [4.78, 5) is 5.31. The molecule has 0 bridgehead atoms. The van der Waals surface area contributed by atoms with E-state index in [1.807, 2.05) is 12.3 Å². The maximum atomic E-state index is 5.66. The fraction of sp³-hybridized carbons (Fsp3) is 0.545. The predicted molar refractivity (Wildman–Crippen MR) is 61.8 cm³/mol. The molecule has 3 nitrogen and oxygen atoms in total. The van der Waals surface area contributed by atoms with Gasteiger partial charge in [-0.05, 0) is 24.5 Å². The summed E-state index contributed by atoms with van der Waals surface area (Å²) in [5.74, 6) is 1.01. The van der Waals surface area contributed by atoms with Crippen molar-refractivity contribution in [3.63, 3.8) is 0 Å². The van der Waals surface area contributed by atoms with Gasteiger partial charge in [0.15, 0.2) is 0 Å². The number of nitrogens with two attached hydrogens (primary N) is 1. The van der Waals surface area contributed by atoms with E-state index in [1.165, 1.54) is 23.3 Å². The van der Waals surface area contributed by atoms with Crippen molar-refractivity contribution in [3.05, 3.63) is 24.0 Å². The van der Waals surface area contributed by atoms with Crippen molar-refractivity contribution in [2.45, 2.75) is 30.4 Å². The Morgan fingerprint density at radius 3 is 3.27 bits per heavy atom. The molecule has 2 heterocycles. The van der Waals surface area contributed by atoms with Crippen molar-refractivity contribution in [3.8, 4) is 0 Å². The Labute approximate surface area is 94.4 Å². The van der Waals surface area contributed by atoms with Crippen LogP contribution in [0.3, 0.4) is 0 Å². The van der Waals surface area contributed by atoms with Gasteiger partial charge in [0.05, 0.1) is 6.10 Å². The molecule has 0 amide bonds. The van der Waals surface area contributed by atoms with E-state index in [0.29, 0.717) is 12.6 Å². The van der Waals surface area contributed by atoms with E-state index in [-0.39, 0.29) is 0 Å². The highest BCUT2D eigenvalue weighted by atomic mass is 32.2. The first kappa shape index (κ1) is 10.9. The van der Waals surface area contributed by atoms with Crippen LogP contribution in [-0.4, -0.2) is 23.4 Å². The van der Waals surface area contributed by atoms with Gasteiger partial charge in [0, 0.05) is 36.2 Å². The van der Waals surface area contributed by atoms with Crippen molar-refractivity contribution in [1.82, 2.24) is 4.98 Å². The second-order valence-electron chi connectivity index (χ2n) is 3.63. The first-order chi connectivity index (χ1) is 7.40. The van der Waals surface area contributed by atoms with Crippen LogP contribution in [0.5, 0.6) is 0 Å². The van der Waals surface area contributed by atoms with Gasteiger partial charge in [-0.25, -0.2) is 0 Å². The van der Waals surface area contributed by atoms with Gasteiger partial charge in [0.25, 0.3) is 0 Å². The molecule has 0 saturated carbocycles. The van der Waals surface area contributed by atoms with Crippen LogP contribution in [0.25, 0.3) is 0 Å². The maximum absolute atomic E-state index is 5.66. The Morgan fingerprint density at radius 2 is 2.53 bits per heavy atom. The third-order valence-electron chi connectivity index (χ3n) is 2.54. The van der Waals surface area contributed by atoms with E-state index in [4.69, 9.17) is 10.5 Å². The Morgan fingerprint density at radius 1 is 1.60 bits per heavy atom. The van der Waals surface area contributed by atoms with Crippen LogP contribution >= 0.6 is 11.8 Å². The highest BCUT2D eigenvalue weighted by Gasteiger charge is 2.16. The van der Waals surface area contributed by atoms with Crippen LogP contribution in [0.1, 0.15) is 18.4 Å². The van der Waals surface area contributed by atoms with E-state index in [1.54, 1.807) is 18.0 Å². The minimum Gasteiger partial charge on any atom is -0.377 e. The van der Waals surface area contributed by atoms with Gasteiger partial charge in [-0.2, -0.15) is 0 Å². The molecule has 1 unspecified atom stereocenters. The molecular weight excluding hydrogens is 208 g/mol. The predicted octanol–water partition coefficient (Wildman–Crippen LogP) is 1.81. The summed E-state index contributed by atoms with van der Waals surface area (Å²) in [5.41, 5.74) is 6.84. The lowest BCUT2D eigenvalue weighted by Crippen LogP contribution is -2.08. The largest absolute Gasteiger partial charge is 0.377 e. The van der Waals surface area contributed by atoms with Crippen LogP contribution in [0.15, 0.2) is 23.4 Å². The number of pyridine rings is 1. The molecule has 0 aliphatic carbocycles. The minimum atomic E-state index is 0.417. The summed E-state index contributed by atoms with van der Waals surface area (Å²) >= 11 is 1.80. The standard InChI is InChI=1S/C11H16N2OS/c12-6-9-3-4-13-7-11(9)15-8-10-2-1-5-14-10/h3-4,7,10H,1-2,5-6,8,12H2. The Balaban J connectivity index is 1.91. The molecule has 0 radical (unpaired) electrons. The number of hydrogen-bond acceptors (Lipinski definition) is 4. The molecule has 0 aromatic carbocycles. The van der Waals surface area contributed by atoms with Gasteiger partial charge in [-0.15, -0.1) is 11.8 Å². The van der Waals surface area contributed by atoms with Crippen LogP contribution in [0.2, 0.25) is 0 Å². The number of nitrogens with zero attached hydrogens (tertiary/aromatic N) is 1. The SMILES string of the molecule is NCc1ccncc1SCC1CCCO1. The lowest BCUT2D eigenvalue weighted by Gasteiger charge is -2.10. The number of hydrogen-bond donors (Lipinski definition) is 1. The van der Waals surface area contributed by atoms with Crippen molar-refractivity contribution >= 4 is 11.8 Å². The van der Waals surface area contributed by atoms with Gasteiger partial charge >= 0.3 is 0 Å². The zero-order chi connectivity index (χ0) is 10.5. The Kier molecular flexibility index (Phi) is 4.00. The van der Waals surface area contributed by atoms with Crippen molar-refractivity contribution in [2.24, 2.45) is 5.73 Å². The summed E-state index contributed by atoms with van der Waals surface area (Å²) < 4.78 is 5.58. The third kappa shape index (κ3) is 2.93. The van der Waals surface area contributed by atoms with Gasteiger partial charge in [0.1, 0.15) is 0 Å². The van der Waals surface area contributed by atoms with E-state index < -0.39 is 0 Å². The molecule has 1 aliphatic rings. The Hall–Kier alpha value is -0.580. The lowest BCUT2D eigenvalue weighted by molar-refractivity contribution is 0.129. The Bertz CT molecular complexity index is 313. The molecule has 2 N–H and O–H groups in total. The quantitative estimate of drug-likeness (QED) is 0.792. The molecule has 1 saturated heterocycles. The van der Waals surface area contributed by atoms with Crippen LogP contribution < -0.4 is 5.73 Å². The average Bonchev–Trinajstić information content (AvgIpc) is 2.79. The molecule has 0 spiro atoms. The molecule has 1 aromatic rings. The number of thioether (sulfide) groups is 1. The van der Waals surface area contributed by atoms with Gasteiger partial charge in [-0.3, -0.25) is 4.98 Å². The highest BCUT2D eigenvalue weighted by Crippen LogP contribution is 2.25. The summed E-state index contributed by atoms with van der Waals surface area (Å²) in [6.45, 7) is 1.50. The van der Waals surface area contributed by atoms with E-state index in [9.17, 15) is 0 Å². The average molecular weight is 224 g/mol. The van der Waals surface area contributed by atoms with Crippen molar-refractivity contribution in [2.75, 3.05) is 12.4 Å². The maximum Gasteiger partial charge on any atom is 0.0669 e. The van der Waals surface area contributed by atoms with E-state index >= 15 is 0 Å². The topological polar surface area (TPSA) is 48.1 Å². The summed E-state index contributed by atoms with van der Waals surface area (Å²) in [7, 11) is 0. The van der Waals surface area contributed by atoms with Crippen LogP contribution in [0, 0.1) is 0 Å². The summed E-state index contributed by atoms with van der Waals surface area (Å²) in [5, 5.41) is 0. The van der Waals surface area contributed by atoms with E-state index in [2.05, 4.69) is 4.98 Å². The molecule has 82 valence electrons. The molecule has 1 aliphatic heterocycles. The molecular formula is C11H16N2OS. The van der Waals surface area contributed by atoms with Gasteiger partial charge in [0.2, 0.25) is 0 Å². The third-order valence-corrected chi connectivity index (χ3v) is 3.76. The molecule has 1 atom stereocenters. The normalized spacial score (nSPS) is 20.7. The second kappa shape index (κ2) is 5.49. The summed E-state index contributed by atoms with van der Waals surface area (Å²) in [6.07, 6.45) is 6.48. The molecule has 4 heteroatoms. The second-order valence-corrected chi connectivity index (χ2v) is 4.70. The highest BCUT2D eigenvalue weighted by molar-refractivity contribution is 7.99. The van der Waals surface area contributed by atoms with Gasteiger partial charge in [-0.1, -0.05) is 0 Å². The monoisotopic (exact) mass is 224 g/mol. The van der Waals surface area contributed by atoms with Crippen molar-refractivity contribution in [1.29, 1.82) is 0 Å². The minimum absolute atomic E-state index is 0.417. The summed E-state index contributed by atoms with van der Waals surface area (Å²) in [6, 6.07) is 1.98. The number of aromatic nitrogens is 1. The lowest BCUT2D eigenvalue weighted by atomic mass is 10.3. The smallest absolute Gasteiger partial charge is 0.0669 e. The zero-order valence-electron chi connectivity index (χ0n) is 8.69. The van der Waals surface area contributed by atoms with E-state index in [0.717, 1.165) is 12.4 Å². The fourth-order valence-electron chi connectivity index (χ4n) is 1.67. The fourth-order valence-corrected chi connectivity index (χ4v) is 2.77. The molecule has 1 fully saturated rings. The first-order valence-corrected chi connectivity index (χ1v) is 6.26. The van der Waals surface area contributed by atoms with Crippen LogP contribution in [-0.2, 0) is 11.3 Å². The van der Waals surface area contributed by atoms with Crippen LogP contribution in [0.4, 0.5) is 0 Å². The first-order valence-electron chi connectivity index (χ1n) is 5.27.